The summed E-state index contributed by atoms with van der Waals surface area (Å²) in [5.41, 5.74) is 4.41. The summed E-state index contributed by atoms with van der Waals surface area (Å²) in [7, 11) is 5.29. The Kier molecular flexibility index (Phi) is 8.44. The highest BCUT2D eigenvalue weighted by molar-refractivity contribution is 5.93. The Morgan fingerprint density at radius 3 is 1.91 bits per heavy atom. The molecule has 0 aliphatic heterocycles. The van der Waals surface area contributed by atoms with Crippen LogP contribution in [0.25, 0.3) is 0 Å². The SMILES string of the molecule is CN=C(NCCC(c1ccccc1)c1ccccc1)NCc1ccc(C(=O)N(C)C)cc1. The number of rotatable bonds is 8. The molecule has 0 atom stereocenters. The molecule has 0 radical (unpaired) electrons. The van der Waals surface area contributed by atoms with E-state index in [-0.39, 0.29) is 5.91 Å². The van der Waals surface area contributed by atoms with Gasteiger partial charge in [-0.15, -0.1) is 0 Å². The second-order valence-electron chi connectivity index (χ2n) is 7.91. The van der Waals surface area contributed by atoms with Gasteiger partial charge in [-0.1, -0.05) is 72.8 Å². The third kappa shape index (κ3) is 6.45. The summed E-state index contributed by atoms with van der Waals surface area (Å²) < 4.78 is 0. The molecule has 0 heterocycles. The molecular weight excluding hydrogens is 396 g/mol. The van der Waals surface area contributed by atoms with Crippen LogP contribution in [0.1, 0.15) is 39.4 Å². The number of benzene rings is 3. The molecule has 5 nitrogen and oxygen atoms in total. The van der Waals surface area contributed by atoms with E-state index in [9.17, 15) is 4.79 Å². The summed E-state index contributed by atoms with van der Waals surface area (Å²) in [6.07, 6.45) is 0.954. The van der Waals surface area contributed by atoms with Crippen LogP contribution in [0.3, 0.4) is 0 Å². The zero-order valence-corrected chi connectivity index (χ0v) is 19.1. The standard InChI is InChI=1S/C27H32N4O/c1-28-27(30-20-21-14-16-24(17-15-21)26(32)31(2)3)29-19-18-25(22-10-6-4-7-11-22)23-12-8-5-9-13-23/h4-17,25H,18-20H2,1-3H3,(H2,28,29,30). The summed E-state index contributed by atoms with van der Waals surface area (Å²) >= 11 is 0. The summed E-state index contributed by atoms with van der Waals surface area (Å²) in [5.74, 6) is 1.09. The Hall–Kier alpha value is -3.60. The maximum atomic E-state index is 12.0. The van der Waals surface area contributed by atoms with Crippen LogP contribution in [0, 0.1) is 0 Å². The molecule has 1 amide bonds. The van der Waals surface area contributed by atoms with Crippen molar-refractivity contribution in [3.05, 3.63) is 107 Å². The molecule has 0 aliphatic rings. The third-order valence-corrected chi connectivity index (χ3v) is 5.42. The lowest BCUT2D eigenvalue weighted by Gasteiger charge is -2.19. The van der Waals surface area contributed by atoms with Crippen molar-refractivity contribution in [2.24, 2.45) is 4.99 Å². The first kappa shape index (κ1) is 23.1. The van der Waals surface area contributed by atoms with Gasteiger partial charge in [0.15, 0.2) is 5.96 Å². The number of carbonyl (C=O) groups excluding carboxylic acids is 1. The molecule has 2 N–H and O–H groups in total. The smallest absolute Gasteiger partial charge is 0.253 e. The highest BCUT2D eigenvalue weighted by atomic mass is 16.2. The zero-order valence-electron chi connectivity index (χ0n) is 19.1. The minimum absolute atomic E-state index is 0.00775. The molecule has 166 valence electrons. The van der Waals surface area contributed by atoms with Crippen molar-refractivity contribution < 1.29 is 4.79 Å². The fraction of sp³-hybridized carbons (Fsp3) is 0.259. The Morgan fingerprint density at radius 1 is 0.844 bits per heavy atom. The lowest BCUT2D eigenvalue weighted by molar-refractivity contribution is 0.0827. The van der Waals surface area contributed by atoms with Gasteiger partial charge in [-0.3, -0.25) is 9.79 Å². The van der Waals surface area contributed by atoms with Crippen LogP contribution in [0.4, 0.5) is 0 Å². The third-order valence-electron chi connectivity index (χ3n) is 5.42. The van der Waals surface area contributed by atoms with Crippen LogP contribution in [-0.2, 0) is 6.54 Å². The molecule has 5 heteroatoms. The average Bonchev–Trinajstić information content (AvgIpc) is 2.84. The van der Waals surface area contributed by atoms with E-state index in [1.807, 2.05) is 24.3 Å². The van der Waals surface area contributed by atoms with Crippen LogP contribution in [-0.4, -0.2) is 44.5 Å². The van der Waals surface area contributed by atoms with Crippen molar-refractivity contribution in [2.45, 2.75) is 18.9 Å². The first-order valence-corrected chi connectivity index (χ1v) is 10.9. The van der Waals surface area contributed by atoms with Gasteiger partial charge in [0.25, 0.3) is 5.91 Å². The lowest BCUT2D eigenvalue weighted by atomic mass is 9.88. The Balaban J connectivity index is 1.55. The number of aliphatic imine (C=N–C) groups is 1. The molecule has 0 bridgehead atoms. The maximum Gasteiger partial charge on any atom is 0.253 e. The predicted molar refractivity (Wildman–Crippen MR) is 132 cm³/mol. The number of nitrogens with one attached hydrogen (secondary N) is 2. The summed E-state index contributed by atoms with van der Waals surface area (Å²) in [5, 5.41) is 6.79. The monoisotopic (exact) mass is 428 g/mol. The zero-order chi connectivity index (χ0) is 22.8. The van der Waals surface area contributed by atoms with E-state index in [0.29, 0.717) is 18.0 Å². The molecule has 3 aromatic rings. The van der Waals surface area contributed by atoms with E-state index >= 15 is 0 Å². The normalized spacial score (nSPS) is 11.3. The van der Waals surface area contributed by atoms with Crippen molar-refractivity contribution >= 4 is 11.9 Å². The Bertz CT molecular complexity index is 959. The minimum atomic E-state index is 0.00775. The second kappa shape index (κ2) is 11.7. The molecule has 32 heavy (non-hydrogen) atoms. The predicted octanol–water partition coefficient (Wildman–Crippen LogP) is 4.28. The molecule has 3 aromatic carbocycles. The van der Waals surface area contributed by atoms with E-state index in [4.69, 9.17) is 0 Å². The van der Waals surface area contributed by atoms with Crippen LogP contribution in [0.2, 0.25) is 0 Å². The molecule has 0 saturated carbocycles. The fourth-order valence-corrected chi connectivity index (χ4v) is 3.66. The summed E-state index contributed by atoms with van der Waals surface area (Å²) in [6, 6.07) is 28.9. The molecule has 3 rings (SSSR count). The van der Waals surface area contributed by atoms with Gasteiger partial charge in [0.05, 0.1) is 0 Å². The Labute approximate surface area is 191 Å². The number of carbonyl (C=O) groups is 1. The largest absolute Gasteiger partial charge is 0.356 e. The summed E-state index contributed by atoms with van der Waals surface area (Å²) in [6.45, 7) is 1.43. The van der Waals surface area contributed by atoms with E-state index in [1.54, 1.807) is 26.0 Å². The van der Waals surface area contributed by atoms with Crippen LogP contribution in [0.5, 0.6) is 0 Å². The van der Waals surface area contributed by atoms with Crippen molar-refractivity contribution in [1.82, 2.24) is 15.5 Å². The Morgan fingerprint density at radius 2 is 1.41 bits per heavy atom. The van der Waals surface area contributed by atoms with Gasteiger partial charge in [-0.05, 0) is 35.2 Å². The first-order valence-electron chi connectivity index (χ1n) is 10.9. The minimum Gasteiger partial charge on any atom is -0.356 e. The van der Waals surface area contributed by atoms with Crippen LogP contribution < -0.4 is 10.6 Å². The topological polar surface area (TPSA) is 56.7 Å². The molecule has 0 aromatic heterocycles. The molecule has 0 saturated heterocycles. The molecule has 0 aliphatic carbocycles. The molecule has 0 fully saturated rings. The van der Waals surface area contributed by atoms with Crippen LogP contribution in [0.15, 0.2) is 89.9 Å². The van der Waals surface area contributed by atoms with Gasteiger partial charge >= 0.3 is 0 Å². The maximum absolute atomic E-state index is 12.0. The number of nitrogens with zero attached hydrogens (tertiary/aromatic N) is 2. The second-order valence-corrected chi connectivity index (χ2v) is 7.91. The van der Waals surface area contributed by atoms with E-state index in [1.165, 1.54) is 11.1 Å². The quantitative estimate of drug-likeness (QED) is 0.416. The van der Waals surface area contributed by atoms with Gasteiger partial charge in [-0.25, -0.2) is 0 Å². The van der Waals surface area contributed by atoms with Crippen LogP contribution >= 0.6 is 0 Å². The van der Waals surface area contributed by atoms with Gasteiger partial charge in [-0.2, -0.15) is 0 Å². The van der Waals surface area contributed by atoms with Gasteiger partial charge < -0.3 is 15.5 Å². The van der Waals surface area contributed by atoms with E-state index in [0.717, 1.165) is 24.5 Å². The first-order chi connectivity index (χ1) is 15.6. The molecule has 0 spiro atoms. The van der Waals surface area contributed by atoms with Gasteiger partial charge in [0.2, 0.25) is 0 Å². The number of amides is 1. The van der Waals surface area contributed by atoms with Gasteiger partial charge in [0.1, 0.15) is 0 Å². The highest BCUT2D eigenvalue weighted by Gasteiger charge is 2.14. The average molecular weight is 429 g/mol. The molecular formula is C27H32N4O. The lowest BCUT2D eigenvalue weighted by Crippen LogP contribution is -2.37. The van der Waals surface area contributed by atoms with E-state index in [2.05, 4.69) is 76.3 Å². The van der Waals surface area contributed by atoms with Crippen molar-refractivity contribution in [1.29, 1.82) is 0 Å². The molecule has 0 unspecified atom stereocenters. The fourth-order valence-electron chi connectivity index (χ4n) is 3.66. The number of hydrogen-bond donors (Lipinski definition) is 2. The number of guanidine groups is 1. The highest BCUT2D eigenvalue weighted by Crippen LogP contribution is 2.27. The van der Waals surface area contributed by atoms with Crippen molar-refractivity contribution in [3.63, 3.8) is 0 Å². The summed E-state index contributed by atoms with van der Waals surface area (Å²) in [4.78, 5) is 18.0. The van der Waals surface area contributed by atoms with E-state index < -0.39 is 0 Å². The number of hydrogen-bond acceptors (Lipinski definition) is 2. The van der Waals surface area contributed by atoms with Gasteiger partial charge in [0, 0.05) is 45.7 Å². The van der Waals surface area contributed by atoms with Crippen molar-refractivity contribution in [3.8, 4) is 0 Å². The van der Waals surface area contributed by atoms with Crippen molar-refractivity contribution in [2.75, 3.05) is 27.7 Å².